The highest BCUT2D eigenvalue weighted by molar-refractivity contribution is 5.26. The fourth-order valence-corrected chi connectivity index (χ4v) is 8.37. The summed E-state index contributed by atoms with van der Waals surface area (Å²) in [6, 6.07) is 0. The molecule has 5 rings (SSSR count). The molecule has 4 heteroatoms. The van der Waals surface area contributed by atoms with E-state index in [1.807, 2.05) is 0 Å². The number of aliphatic hydroxyl groups is 2. The van der Waals surface area contributed by atoms with Crippen LogP contribution >= 0.6 is 0 Å². The normalized spacial score (nSPS) is 54.0. The smallest absolute Gasteiger partial charge is 0.169 e. The van der Waals surface area contributed by atoms with Gasteiger partial charge in [-0.3, -0.25) is 0 Å². The van der Waals surface area contributed by atoms with E-state index in [9.17, 15) is 10.2 Å². The van der Waals surface area contributed by atoms with E-state index in [-0.39, 0.29) is 23.0 Å². The number of allylic oxidation sites excluding steroid dienone is 1. The second kappa shape index (κ2) is 6.04. The molecule has 0 unspecified atom stereocenters. The topological polar surface area (TPSA) is 58.9 Å². The number of hydrogen-bond donors (Lipinski definition) is 2. The van der Waals surface area contributed by atoms with Crippen LogP contribution in [0.1, 0.15) is 65.7 Å². The highest BCUT2D eigenvalue weighted by Gasteiger charge is 2.65. The van der Waals surface area contributed by atoms with Crippen molar-refractivity contribution >= 4 is 0 Å². The van der Waals surface area contributed by atoms with Crippen molar-refractivity contribution in [2.75, 3.05) is 13.2 Å². The largest absolute Gasteiger partial charge is 0.393 e. The van der Waals surface area contributed by atoms with Gasteiger partial charge in [-0.25, -0.2) is 0 Å². The molecule has 1 heterocycles. The lowest BCUT2D eigenvalue weighted by molar-refractivity contribution is -0.223. The summed E-state index contributed by atoms with van der Waals surface area (Å²) < 4.78 is 12.2. The van der Waals surface area contributed by atoms with Gasteiger partial charge in [0.05, 0.1) is 25.4 Å². The molecule has 0 radical (unpaired) electrons. The van der Waals surface area contributed by atoms with E-state index in [0.29, 0.717) is 36.9 Å². The van der Waals surface area contributed by atoms with Crippen molar-refractivity contribution in [3.63, 3.8) is 0 Å². The fourth-order valence-electron chi connectivity index (χ4n) is 8.37. The lowest BCUT2D eigenvalue weighted by Gasteiger charge is -2.60. The average Bonchev–Trinajstić information content (AvgIpc) is 3.19. The Bertz CT molecular complexity index is 638. The maximum Gasteiger partial charge on any atom is 0.169 e. The molecule has 0 aromatic heterocycles. The third-order valence-corrected chi connectivity index (χ3v) is 9.50. The average molecular weight is 377 g/mol. The quantitative estimate of drug-likeness (QED) is 0.686. The molecule has 8 atom stereocenters. The van der Waals surface area contributed by atoms with Gasteiger partial charge in [0.25, 0.3) is 0 Å². The summed E-state index contributed by atoms with van der Waals surface area (Å²) >= 11 is 0. The summed E-state index contributed by atoms with van der Waals surface area (Å²) in [4.78, 5) is 0. The van der Waals surface area contributed by atoms with Gasteiger partial charge in [0.1, 0.15) is 0 Å². The van der Waals surface area contributed by atoms with Gasteiger partial charge < -0.3 is 19.7 Å². The minimum Gasteiger partial charge on any atom is -0.393 e. The number of fused-ring (bicyclic) bond motifs is 5. The third kappa shape index (κ3) is 2.49. The lowest BCUT2D eigenvalue weighted by Crippen LogP contribution is -2.58. The van der Waals surface area contributed by atoms with Crippen molar-refractivity contribution in [3.05, 3.63) is 11.6 Å². The van der Waals surface area contributed by atoms with E-state index in [1.165, 1.54) is 12.0 Å². The van der Waals surface area contributed by atoms with Gasteiger partial charge in [0.2, 0.25) is 0 Å². The molecule has 3 saturated carbocycles. The molecule has 4 nitrogen and oxygen atoms in total. The minimum absolute atomic E-state index is 0.0608. The maximum atomic E-state index is 11.5. The Balaban J connectivity index is 1.49. The molecular weight excluding hydrogens is 340 g/mol. The van der Waals surface area contributed by atoms with E-state index in [2.05, 4.69) is 26.8 Å². The first kappa shape index (κ1) is 18.6. The second-order valence-electron chi connectivity index (χ2n) is 10.7. The highest BCUT2D eigenvalue weighted by atomic mass is 16.7. The van der Waals surface area contributed by atoms with Gasteiger partial charge in [-0.15, -0.1) is 0 Å². The number of aliphatic hydroxyl groups excluding tert-OH is 2. The van der Waals surface area contributed by atoms with Crippen LogP contribution in [0.15, 0.2) is 11.6 Å². The summed E-state index contributed by atoms with van der Waals surface area (Å²) in [5, 5.41) is 21.6. The molecule has 0 aromatic carbocycles. The molecule has 1 saturated heterocycles. The molecule has 152 valence electrons. The molecule has 1 aliphatic heterocycles. The summed E-state index contributed by atoms with van der Waals surface area (Å²) in [5.41, 5.74) is 1.55. The lowest BCUT2D eigenvalue weighted by atomic mass is 9.46. The first-order valence-corrected chi connectivity index (χ1v) is 11.1. The van der Waals surface area contributed by atoms with Crippen LogP contribution in [0.4, 0.5) is 0 Å². The van der Waals surface area contributed by atoms with E-state index < -0.39 is 5.79 Å². The zero-order valence-electron chi connectivity index (χ0n) is 17.1. The molecule has 4 aliphatic carbocycles. The zero-order chi connectivity index (χ0) is 19.0. The van der Waals surface area contributed by atoms with Crippen molar-refractivity contribution < 1.29 is 19.7 Å². The van der Waals surface area contributed by atoms with Crippen LogP contribution in [0, 0.1) is 34.5 Å². The predicted octanol–water partition coefficient (Wildman–Crippen LogP) is 3.66. The fraction of sp³-hybridized carbons (Fsp3) is 0.913. The summed E-state index contributed by atoms with van der Waals surface area (Å²) in [6.07, 6.45) is 8.92. The molecule has 0 amide bonds. The van der Waals surface area contributed by atoms with E-state index in [0.717, 1.165) is 38.5 Å². The van der Waals surface area contributed by atoms with Gasteiger partial charge in [0.15, 0.2) is 5.79 Å². The summed E-state index contributed by atoms with van der Waals surface area (Å²) in [7, 11) is 0. The molecule has 0 aromatic rings. The van der Waals surface area contributed by atoms with Crippen LogP contribution < -0.4 is 0 Å². The van der Waals surface area contributed by atoms with Crippen LogP contribution in [0.2, 0.25) is 0 Å². The van der Waals surface area contributed by atoms with E-state index in [1.54, 1.807) is 0 Å². The van der Waals surface area contributed by atoms with E-state index in [4.69, 9.17) is 9.47 Å². The van der Waals surface area contributed by atoms with Crippen molar-refractivity contribution in [2.45, 2.75) is 83.7 Å². The van der Waals surface area contributed by atoms with Gasteiger partial charge in [-0.2, -0.15) is 0 Å². The Morgan fingerprint density at radius 3 is 2.52 bits per heavy atom. The van der Waals surface area contributed by atoms with Crippen molar-refractivity contribution in [1.82, 2.24) is 0 Å². The first-order valence-electron chi connectivity index (χ1n) is 11.1. The SMILES string of the molecule is CC1([C@H]2CC[C@H]3[C@@H]4CC=C5C[C@@H](O)CC[C@]5(C)[C@H]4[C@@H](O)C[C@]23C)OCCO1. The molecule has 5 aliphatic rings. The van der Waals surface area contributed by atoms with Crippen molar-refractivity contribution in [2.24, 2.45) is 34.5 Å². The molecule has 0 spiro atoms. The third-order valence-electron chi connectivity index (χ3n) is 9.50. The van der Waals surface area contributed by atoms with Crippen LogP contribution in [0.3, 0.4) is 0 Å². The Morgan fingerprint density at radius 2 is 1.78 bits per heavy atom. The molecule has 27 heavy (non-hydrogen) atoms. The van der Waals surface area contributed by atoms with Crippen LogP contribution in [-0.2, 0) is 9.47 Å². The standard InChI is InChI=1S/C23H36O4/c1-21-9-8-15(24)12-14(21)4-5-16-17-6-7-19(23(3)26-10-11-27-23)22(17,2)13-18(25)20(16)21/h4,15-20,24-25H,5-13H2,1-3H3/t15-,16-,17-,18-,19-,20+,21-,22-/m0/s1. The Hall–Kier alpha value is -0.420. The minimum atomic E-state index is -0.482. The number of hydrogen-bond acceptors (Lipinski definition) is 4. The first-order chi connectivity index (χ1) is 12.8. The highest BCUT2D eigenvalue weighted by Crippen LogP contribution is 2.68. The predicted molar refractivity (Wildman–Crippen MR) is 103 cm³/mol. The summed E-state index contributed by atoms with van der Waals surface area (Å²) in [5.74, 6) is 1.38. The van der Waals surface area contributed by atoms with Crippen LogP contribution in [-0.4, -0.2) is 41.4 Å². The Labute approximate surface area is 163 Å². The Kier molecular flexibility index (Phi) is 4.16. The maximum absolute atomic E-state index is 11.5. The van der Waals surface area contributed by atoms with Gasteiger partial charge in [0, 0.05) is 5.92 Å². The molecule has 4 fully saturated rings. The number of ether oxygens (including phenoxy) is 2. The second-order valence-corrected chi connectivity index (χ2v) is 10.7. The van der Waals surface area contributed by atoms with Crippen LogP contribution in [0.25, 0.3) is 0 Å². The molecule has 0 bridgehead atoms. The molecular formula is C23H36O4. The molecule has 2 N–H and O–H groups in total. The zero-order valence-corrected chi connectivity index (χ0v) is 17.1. The van der Waals surface area contributed by atoms with Gasteiger partial charge in [-0.05, 0) is 80.5 Å². The van der Waals surface area contributed by atoms with Crippen LogP contribution in [0.5, 0.6) is 0 Å². The van der Waals surface area contributed by atoms with Crippen molar-refractivity contribution in [3.8, 4) is 0 Å². The number of rotatable bonds is 1. The Morgan fingerprint density at radius 1 is 1.04 bits per heavy atom. The monoisotopic (exact) mass is 376 g/mol. The van der Waals surface area contributed by atoms with Gasteiger partial charge in [-0.1, -0.05) is 25.5 Å². The van der Waals surface area contributed by atoms with Crippen molar-refractivity contribution in [1.29, 1.82) is 0 Å². The van der Waals surface area contributed by atoms with Gasteiger partial charge >= 0.3 is 0 Å². The van der Waals surface area contributed by atoms with E-state index >= 15 is 0 Å². The summed E-state index contributed by atoms with van der Waals surface area (Å²) in [6.45, 7) is 8.27.